The van der Waals surface area contributed by atoms with Crippen molar-refractivity contribution in [2.24, 2.45) is 0 Å². The minimum atomic E-state index is -0.832. The van der Waals surface area contributed by atoms with Gasteiger partial charge >= 0.3 is 5.97 Å². The Labute approximate surface area is 112 Å². The van der Waals surface area contributed by atoms with Crippen molar-refractivity contribution < 1.29 is 19.0 Å². The minimum absolute atomic E-state index is 0.244. The van der Waals surface area contributed by atoms with Gasteiger partial charge in [0, 0.05) is 24.8 Å². The third kappa shape index (κ3) is 2.51. The molecule has 2 rings (SSSR count). The molecule has 1 aromatic carbocycles. The predicted molar refractivity (Wildman–Crippen MR) is 71.4 cm³/mol. The maximum absolute atomic E-state index is 12.1. The molecule has 0 radical (unpaired) electrons. The highest BCUT2D eigenvalue weighted by Crippen LogP contribution is 2.32. The van der Waals surface area contributed by atoms with Crippen LogP contribution in [0, 0.1) is 0 Å². The molecule has 0 saturated carbocycles. The average Bonchev–Trinajstić information content (AvgIpc) is 2.80. The Morgan fingerprint density at radius 2 is 2.26 bits per heavy atom. The summed E-state index contributed by atoms with van der Waals surface area (Å²) in [5.41, 5.74) is -0.0247. The van der Waals surface area contributed by atoms with Gasteiger partial charge in [-0.2, -0.15) is 0 Å². The number of carbonyl (C=O) groups is 1. The summed E-state index contributed by atoms with van der Waals surface area (Å²) in [5.74, 6) is 0.428. The monoisotopic (exact) mass is 265 g/mol. The van der Waals surface area contributed by atoms with Crippen LogP contribution in [0.2, 0.25) is 0 Å². The second kappa shape index (κ2) is 5.48. The number of rotatable bonds is 4. The van der Waals surface area contributed by atoms with Gasteiger partial charge < -0.3 is 19.5 Å². The van der Waals surface area contributed by atoms with Crippen LogP contribution in [0.4, 0.5) is 5.69 Å². The Morgan fingerprint density at radius 3 is 2.84 bits per heavy atom. The van der Waals surface area contributed by atoms with Crippen LogP contribution in [0.5, 0.6) is 5.75 Å². The van der Waals surface area contributed by atoms with E-state index in [-0.39, 0.29) is 12.1 Å². The molecular formula is C14H19NO4. The molecular weight excluding hydrogens is 246 g/mol. The standard InChI is InChI=1S/C14H19NO4/c1-10-14(7-8-19-10,13(16)18-3)15-11-5-4-6-12(9-11)17-2/h4-6,9-10,15H,7-8H2,1-3H3. The van der Waals surface area contributed by atoms with Crippen LogP contribution in [-0.2, 0) is 14.3 Å². The Bertz CT molecular complexity index is 463. The molecule has 1 aromatic rings. The van der Waals surface area contributed by atoms with Gasteiger partial charge in [0.15, 0.2) is 5.54 Å². The van der Waals surface area contributed by atoms with E-state index in [9.17, 15) is 4.79 Å². The maximum Gasteiger partial charge on any atom is 0.334 e. The van der Waals surface area contributed by atoms with E-state index < -0.39 is 5.54 Å². The molecule has 19 heavy (non-hydrogen) atoms. The molecule has 104 valence electrons. The smallest absolute Gasteiger partial charge is 0.334 e. The summed E-state index contributed by atoms with van der Waals surface area (Å²) in [6.45, 7) is 2.41. The molecule has 1 heterocycles. The normalized spacial score (nSPS) is 25.9. The molecule has 1 saturated heterocycles. The van der Waals surface area contributed by atoms with Crippen molar-refractivity contribution in [3.63, 3.8) is 0 Å². The van der Waals surface area contributed by atoms with Gasteiger partial charge in [0.1, 0.15) is 5.75 Å². The SMILES string of the molecule is COC(=O)C1(Nc2cccc(OC)c2)CCOC1C. The maximum atomic E-state index is 12.1. The number of ether oxygens (including phenoxy) is 3. The van der Waals surface area contributed by atoms with Crippen LogP contribution < -0.4 is 10.1 Å². The van der Waals surface area contributed by atoms with E-state index >= 15 is 0 Å². The number of benzene rings is 1. The molecule has 1 N–H and O–H groups in total. The highest BCUT2D eigenvalue weighted by atomic mass is 16.5. The summed E-state index contributed by atoms with van der Waals surface area (Å²) in [6.07, 6.45) is 0.337. The van der Waals surface area contributed by atoms with Crippen molar-refractivity contribution in [1.29, 1.82) is 0 Å². The molecule has 0 aliphatic carbocycles. The summed E-state index contributed by atoms with van der Waals surface area (Å²) in [5, 5.41) is 3.25. The molecule has 1 aliphatic rings. The highest BCUT2D eigenvalue weighted by molar-refractivity contribution is 5.86. The number of hydrogen-bond donors (Lipinski definition) is 1. The van der Waals surface area contributed by atoms with E-state index in [4.69, 9.17) is 14.2 Å². The lowest BCUT2D eigenvalue weighted by Gasteiger charge is -2.31. The summed E-state index contributed by atoms with van der Waals surface area (Å²) < 4.78 is 15.6. The molecule has 1 aliphatic heterocycles. The van der Waals surface area contributed by atoms with E-state index in [1.54, 1.807) is 7.11 Å². The van der Waals surface area contributed by atoms with Gasteiger partial charge in [0.05, 0.1) is 20.3 Å². The van der Waals surface area contributed by atoms with Gasteiger partial charge in [0.2, 0.25) is 0 Å². The second-order valence-corrected chi connectivity index (χ2v) is 4.58. The van der Waals surface area contributed by atoms with Crippen molar-refractivity contribution in [1.82, 2.24) is 0 Å². The van der Waals surface area contributed by atoms with Crippen LogP contribution in [-0.4, -0.2) is 38.4 Å². The first kappa shape index (κ1) is 13.7. The summed E-state index contributed by atoms with van der Waals surface area (Å²) in [4.78, 5) is 12.1. The third-order valence-corrected chi connectivity index (χ3v) is 3.55. The fraction of sp³-hybridized carbons (Fsp3) is 0.500. The molecule has 2 unspecified atom stereocenters. The topological polar surface area (TPSA) is 56.8 Å². The second-order valence-electron chi connectivity index (χ2n) is 4.58. The van der Waals surface area contributed by atoms with E-state index in [0.29, 0.717) is 13.0 Å². The number of hydrogen-bond acceptors (Lipinski definition) is 5. The van der Waals surface area contributed by atoms with Gasteiger partial charge in [0.25, 0.3) is 0 Å². The predicted octanol–water partition coefficient (Wildman–Crippen LogP) is 1.83. The van der Waals surface area contributed by atoms with Gasteiger partial charge in [-0.3, -0.25) is 0 Å². The van der Waals surface area contributed by atoms with Crippen LogP contribution in [0.3, 0.4) is 0 Å². The molecule has 0 amide bonds. The van der Waals surface area contributed by atoms with Gasteiger partial charge in [-0.25, -0.2) is 4.79 Å². The lowest BCUT2D eigenvalue weighted by Crippen LogP contribution is -2.52. The minimum Gasteiger partial charge on any atom is -0.497 e. The highest BCUT2D eigenvalue weighted by Gasteiger charge is 2.49. The van der Waals surface area contributed by atoms with E-state index in [1.165, 1.54) is 7.11 Å². The molecule has 0 aromatic heterocycles. The van der Waals surface area contributed by atoms with Crippen LogP contribution in [0.15, 0.2) is 24.3 Å². The molecule has 5 heteroatoms. The van der Waals surface area contributed by atoms with Gasteiger partial charge in [-0.15, -0.1) is 0 Å². The van der Waals surface area contributed by atoms with Crippen molar-refractivity contribution in [3.05, 3.63) is 24.3 Å². The number of methoxy groups -OCH3 is 2. The number of esters is 1. The zero-order valence-corrected chi connectivity index (χ0v) is 11.4. The molecule has 2 atom stereocenters. The molecule has 0 spiro atoms. The number of anilines is 1. The van der Waals surface area contributed by atoms with E-state index in [1.807, 2.05) is 31.2 Å². The summed E-state index contributed by atoms with van der Waals surface area (Å²) >= 11 is 0. The Hall–Kier alpha value is -1.75. The lowest BCUT2D eigenvalue weighted by molar-refractivity contribution is -0.147. The zero-order chi connectivity index (χ0) is 13.9. The number of carbonyl (C=O) groups excluding carboxylic acids is 1. The van der Waals surface area contributed by atoms with Crippen molar-refractivity contribution in [2.75, 3.05) is 26.1 Å². The first-order valence-electron chi connectivity index (χ1n) is 6.24. The first-order chi connectivity index (χ1) is 9.12. The Balaban J connectivity index is 2.28. The van der Waals surface area contributed by atoms with Crippen LogP contribution in [0.1, 0.15) is 13.3 Å². The Kier molecular flexibility index (Phi) is 3.95. The van der Waals surface area contributed by atoms with E-state index in [2.05, 4.69) is 5.32 Å². The third-order valence-electron chi connectivity index (χ3n) is 3.55. The largest absolute Gasteiger partial charge is 0.497 e. The molecule has 1 fully saturated rings. The van der Waals surface area contributed by atoms with Crippen molar-refractivity contribution >= 4 is 11.7 Å². The van der Waals surface area contributed by atoms with Crippen molar-refractivity contribution in [3.8, 4) is 5.75 Å². The molecule has 5 nitrogen and oxygen atoms in total. The fourth-order valence-electron chi connectivity index (χ4n) is 2.37. The number of nitrogens with one attached hydrogen (secondary N) is 1. The van der Waals surface area contributed by atoms with Crippen LogP contribution in [0.25, 0.3) is 0 Å². The lowest BCUT2D eigenvalue weighted by atomic mass is 9.91. The molecule has 0 bridgehead atoms. The quantitative estimate of drug-likeness (QED) is 0.842. The van der Waals surface area contributed by atoms with E-state index in [0.717, 1.165) is 11.4 Å². The first-order valence-corrected chi connectivity index (χ1v) is 6.24. The Morgan fingerprint density at radius 1 is 1.47 bits per heavy atom. The van der Waals surface area contributed by atoms with Crippen molar-refractivity contribution in [2.45, 2.75) is 25.0 Å². The summed E-state index contributed by atoms with van der Waals surface area (Å²) in [6, 6.07) is 7.45. The zero-order valence-electron chi connectivity index (χ0n) is 11.4. The van der Waals surface area contributed by atoms with Gasteiger partial charge in [-0.1, -0.05) is 6.07 Å². The van der Waals surface area contributed by atoms with Crippen LogP contribution >= 0.6 is 0 Å². The average molecular weight is 265 g/mol. The fourth-order valence-corrected chi connectivity index (χ4v) is 2.37. The van der Waals surface area contributed by atoms with Gasteiger partial charge in [-0.05, 0) is 19.1 Å². The summed E-state index contributed by atoms with van der Waals surface area (Å²) in [7, 11) is 3.00.